The van der Waals surface area contributed by atoms with Gasteiger partial charge in [-0.25, -0.2) is 4.90 Å². The Morgan fingerprint density at radius 2 is 1.65 bits per heavy atom. The van der Waals surface area contributed by atoms with Crippen molar-refractivity contribution in [3.8, 4) is 0 Å². The lowest BCUT2D eigenvalue weighted by molar-refractivity contribution is -0.235. The van der Waals surface area contributed by atoms with Crippen LogP contribution in [0.2, 0.25) is 0 Å². The Bertz CT molecular complexity index is 956. The first kappa shape index (κ1) is 15.4. The molecule has 0 unspecified atom stereocenters. The van der Waals surface area contributed by atoms with E-state index in [2.05, 4.69) is 0 Å². The number of rotatable bonds is 2. The van der Waals surface area contributed by atoms with Gasteiger partial charge in [-0.05, 0) is 12.1 Å². The van der Waals surface area contributed by atoms with Gasteiger partial charge in [0.15, 0.2) is 5.78 Å². The predicted octanol–water partition coefficient (Wildman–Crippen LogP) is 1.89. The fourth-order valence-corrected chi connectivity index (χ4v) is 4.45. The second-order valence-electron chi connectivity index (χ2n) is 6.67. The Labute approximate surface area is 149 Å². The van der Waals surface area contributed by atoms with Crippen LogP contribution in [0.15, 0.2) is 54.6 Å². The molecule has 2 aromatic carbocycles. The van der Waals surface area contributed by atoms with E-state index in [0.29, 0.717) is 16.8 Å². The molecule has 0 saturated carbocycles. The molecule has 3 aliphatic rings. The molecule has 3 heterocycles. The van der Waals surface area contributed by atoms with E-state index >= 15 is 0 Å². The van der Waals surface area contributed by atoms with Crippen LogP contribution in [0.4, 0.5) is 5.69 Å². The SMILES string of the molecule is CO[C@]12O[C@H](C(=O)c3ccccc31)[C@H]1C(=O)N(c3ccccc3)C(=O)[C@H]12. The third kappa shape index (κ3) is 1.65. The molecule has 3 aliphatic heterocycles. The van der Waals surface area contributed by atoms with Crippen LogP contribution < -0.4 is 4.90 Å². The molecular formula is C20H15NO5. The molecule has 6 nitrogen and oxygen atoms in total. The minimum Gasteiger partial charge on any atom is -0.349 e. The van der Waals surface area contributed by atoms with Gasteiger partial charge in [0.25, 0.3) is 0 Å². The lowest BCUT2D eigenvalue weighted by atomic mass is 9.86. The molecular weight excluding hydrogens is 334 g/mol. The first-order valence-corrected chi connectivity index (χ1v) is 8.39. The van der Waals surface area contributed by atoms with Crippen molar-refractivity contribution in [2.75, 3.05) is 12.0 Å². The van der Waals surface area contributed by atoms with Gasteiger partial charge in [0.1, 0.15) is 12.0 Å². The zero-order chi connectivity index (χ0) is 18.1. The Balaban J connectivity index is 1.71. The van der Waals surface area contributed by atoms with Crippen molar-refractivity contribution in [2.24, 2.45) is 11.8 Å². The van der Waals surface area contributed by atoms with Crippen LogP contribution in [0, 0.1) is 11.8 Å². The van der Waals surface area contributed by atoms with Gasteiger partial charge in [0.2, 0.25) is 17.6 Å². The van der Waals surface area contributed by atoms with E-state index in [-0.39, 0.29) is 5.78 Å². The summed E-state index contributed by atoms with van der Waals surface area (Å²) in [5, 5.41) is 0. The van der Waals surface area contributed by atoms with Crippen molar-refractivity contribution in [3.63, 3.8) is 0 Å². The van der Waals surface area contributed by atoms with E-state index in [1.807, 2.05) is 6.07 Å². The largest absolute Gasteiger partial charge is 0.349 e. The predicted molar refractivity (Wildman–Crippen MR) is 90.2 cm³/mol. The molecule has 0 radical (unpaired) electrons. The van der Waals surface area contributed by atoms with Gasteiger partial charge in [0, 0.05) is 18.2 Å². The normalized spacial score (nSPS) is 32.0. The number of amides is 2. The van der Waals surface area contributed by atoms with Crippen LogP contribution in [0.1, 0.15) is 15.9 Å². The highest BCUT2D eigenvalue weighted by Crippen LogP contribution is 2.57. The van der Waals surface area contributed by atoms with Crippen molar-refractivity contribution in [2.45, 2.75) is 11.9 Å². The Morgan fingerprint density at radius 3 is 2.38 bits per heavy atom. The number of ether oxygens (including phenoxy) is 2. The van der Waals surface area contributed by atoms with Crippen molar-refractivity contribution >= 4 is 23.3 Å². The molecule has 26 heavy (non-hydrogen) atoms. The summed E-state index contributed by atoms with van der Waals surface area (Å²) < 4.78 is 11.6. The molecule has 0 aliphatic carbocycles. The number of imide groups is 1. The average molecular weight is 349 g/mol. The number of anilines is 1. The van der Waals surface area contributed by atoms with Crippen molar-refractivity contribution in [3.05, 3.63) is 65.7 Å². The summed E-state index contributed by atoms with van der Waals surface area (Å²) in [4.78, 5) is 40.4. The van der Waals surface area contributed by atoms with E-state index in [0.717, 1.165) is 4.90 Å². The summed E-state index contributed by atoms with van der Waals surface area (Å²) >= 11 is 0. The monoisotopic (exact) mass is 349 g/mol. The van der Waals surface area contributed by atoms with Gasteiger partial charge >= 0.3 is 0 Å². The second kappa shape index (κ2) is 5.09. The van der Waals surface area contributed by atoms with Crippen LogP contribution in [0.5, 0.6) is 0 Å². The molecule has 0 N–H and O–H groups in total. The number of ketones is 1. The fraction of sp³-hybridized carbons (Fsp3) is 0.250. The third-order valence-corrected chi connectivity index (χ3v) is 5.53. The number of methoxy groups -OCH3 is 1. The minimum absolute atomic E-state index is 0.281. The maximum atomic E-state index is 13.3. The van der Waals surface area contributed by atoms with E-state index in [9.17, 15) is 14.4 Å². The lowest BCUT2D eigenvalue weighted by Crippen LogP contribution is -2.46. The van der Waals surface area contributed by atoms with E-state index in [4.69, 9.17) is 9.47 Å². The van der Waals surface area contributed by atoms with Gasteiger partial charge in [-0.1, -0.05) is 42.5 Å². The van der Waals surface area contributed by atoms with Gasteiger partial charge in [0.05, 0.1) is 11.6 Å². The maximum absolute atomic E-state index is 13.3. The smallest absolute Gasteiger partial charge is 0.243 e. The standard InChI is InChI=1S/C20H15NO5/c1-25-20-13-10-6-5-9-12(13)16(22)17(26-20)14-15(20)19(24)21(18(14)23)11-7-3-2-4-8-11/h2-10,14-15,17H,1H3/t14-,15-,17-,20-/m0/s1. The van der Waals surface area contributed by atoms with Gasteiger partial charge < -0.3 is 9.47 Å². The highest BCUT2D eigenvalue weighted by Gasteiger charge is 2.72. The number of carbonyl (C=O) groups is 3. The number of para-hydroxylation sites is 1. The molecule has 4 atom stereocenters. The zero-order valence-electron chi connectivity index (χ0n) is 13.9. The molecule has 6 heteroatoms. The lowest BCUT2D eigenvalue weighted by Gasteiger charge is -2.36. The molecule has 0 spiro atoms. The number of carbonyl (C=O) groups excluding carboxylic acids is 3. The number of hydrogen-bond donors (Lipinski definition) is 0. The third-order valence-electron chi connectivity index (χ3n) is 5.53. The summed E-state index contributed by atoms with van der Waals surface area (Å²) in [6.45, 7) is 0. The Hall–Kier alpha value is -2.83. The molecule has 0 aromatic heterocycles. The van der Waals surface area contributed by atoms with Gasteiger partial charge in [-0.3, -0.25) is 14.4 Å². The highest BCUT2D eigenvalue weighted by molar-refractivity contribution is 6.25. The quantitative estimate of drug-likeness (QED) is 0.774. The topological polar surface area (TPSA) is 72.9 Å². The maximum Gasteiger partial charge on any atom is 0.243 e. The van der Waals surface area contributed by atoms with E-state index in [1.165, 1.54) is 7.11 Å². The average Bonchev–Trinajstić information content (AvgIpc) is 3.14. The Morgan fingerprint density at radius 1 is 0.962 bits per heavy atom. The summed E-state index contributed by atoms with van der Waals surface area (Å²) in [7, 11) is 1.44. The second-order valence-corrected chi connectivity index (χ2v) is 6.67. The van der Waals surface area contributed by atoms with Crippen molar-refractivity contribution in [1.29, 1.82) is 0 Å². The highest BCUT2D eigenvalue weighted by atomic mass is 16.7. The van der Waals surface area contributed by atoms with E-state index < -0.39 is 35.5 Å². The fourth-order valence-electron chi connectivity index (χ4n) is 4.45. The summed E-state index contributed by atoms with van der Waals surface area (Å²) in [6, 6.07) is 15.6. The number of nitrogens with zero attached hydrogens (tertiary/aromatic N) is 1. The van der Waals surface area contributed by atoms with Gasteiger partial charge in [-0.2, -0.15) is 0 Å². The van der Waals surface area contributed by atoms with Crippen LogP contribution in [0.3, 0.4) is 0 Å². The molecule has 130 valence electrons. The number of hydrogen-bond acceptors (Lipinski definition) is 5. The molecule has 5 rings (SSSR count). The molecule has 2 amide bonds. The molecule has 2 aromatic rings. The van der Waals surface area contributed by atoms with Crippen LogP contribution in [-0.2, 0) is 24.8 Å². The van der Waals surface area contributed by atoms with Crippen LogP contribution in [0.25, 0.3) is 0 Å². The first-order valence-electron chi connectivity index (χ1n) is 8.39. The summed E-state index contributed by atoms with van der Waals surface area (Å²) in [6.07, 6.45) is -1.01. The molecule has 2 fully saturated rings. The van der Waals surface area contributed by atoms with E-state index in [1.54, 1.807) is 48.5 Å². The van der Waals surface area contributed by atoms with Gasteiger partial charge in [-0.15, -0.1) is 0 Å². The number of Topliss-reactive ketones (excluding diaryl/α,β-unsaturated/α-hetero) is 1. The molecule has 2 bridgehead atoms. The number of fused-ring (bicyclic) bond motifs is 7. The van der Waals surface area contributed by atoms with Crippen molar-refractivity contribution in [1.82, 2.24) is 0 Å². The Kier molecular flexibility index (Phi) is 3.02. The molecule has 2 saturated heterocycles. The first-order chi connectivity index (χ1) is 12.6. The zero-order valence-corrected chi connectivity index (χ0v) is 13.9. The van der Waals surface area contributed by atoms with Crippen LogP contribution in [-0.4, -0.2) is 30.8 Å². The summed E-state index contributed by atoms with van der Waals surface area (Å²) in [5.74, 6) is -4.30. The summed E-state index contributed by atoms with van der Waals surface area (Å²) in [5.41, 5.74) is 1.45. The van der Waals surface area contributed by atoms with Crippen LogP contribution >= 0.6 is 0 Å². The number of benzene rings is 2. The minimum atomic E-state index is -1.42. The van der Waals surface area contributed by atoms with Crippen molar-refractivity contribution < 1.29 is 23.9 Å².